The number of para-hydroxylation sites is 4. The van der Waals surface area contributed by atoms with Gasteiger partial charge in [0.25, 0.3) is 0 Å². The molecule has 4 aromatic rings. The second-order valence-electron chi connectivity index (χ2n) is 20.7. The van der Waals surface area contributed by atoms with Gasteiger partial charge in [0.05, 0.1) is 105 Å². The zero-order valence-electron chi connectivity index (χ0n) is 41.9. The number of nitrogens with zero attached hydrogens (tertiary/aromatic N) is 4. The van der Waals surface area contributed by atoms with E-state index in [1.165, 1.54) is 75.6 Å². The monoisotopic (exact) mass is 1210 g/mol. The van der Waals surface area contributed by atoms with Gasteiger partial charge in [0.1, 0.15) is 26.2 Å². The molecular weight excluding hydrogens is 1130 g/mol. The van der Waals surface area contributed by atoms with Crippen molar-refractivity contribution in [2.75, 3.05) is 82.6 Å². The quantitative estimate of drug-likeness (QED) is 0.0194. The van der Waals surface area contributed by atoms with Crippen LogP contribution < -0.4 is 67.9 Å². The molecule has 388 valence electrons. The molecule has 0 saturated heterocycles. The summed E-state index contributed by atoms with van der Waals surface area (Å²) in [6.07, 6.45) is 14.4. The van der Waals surface area contributed by atoms with Crippen molar-refractivity contribution in [3.63, 3.8) is 0 Å². The van der Waals surface area contributed by atoms with Crippen LogP contribution in [-0.4, -0.2) is 141 Å². The average molecular weight is 1210 g/mol. The van der Waals surface area contributed by atoms with Gasteiger partial charge >= 0.3 is 0 Å². The smallest absolute Gasteiger partial charge is 0.166 e. The van der Waals surface area contributed by atoms with Crippen molar-refractivity contribution < 1.29 is 127 Å². The maximum atomic E-state index is 10.0. The van der Waals surface area contributed by atoms with Gasteiger partial charge in [-0.15, -0.1) is 0 Å². The van der Waals surface area contributed by atoms with Crippen molar-refractivity contribution in [2.45, 2.75) is 103 Å². The maximum absolute atomic E-state index is 10.0. The molecule has 12 nitrogen and oxygen atoms in total. The van der Waals surface area contributed by atoms with Gasteiger partial charge < -0.3 is 127 Å². The van der Waals surface area contributed by atoms with Crippen molar-refractivity contribution in [1.29, 1.82) is 0 Å². The predicted octanol–water partition coefficient (Wildman–Crippen LogP) is -2.58. The van der Waals surface area contributed by atoms with Gasteiger partial charge in [-0.05, 0) is 99.9 Å². The van der Waals surface area contributed by atoms with E-state index >= 15 is 0 Å². The van der Waals surface area contributed by atoms with E-state index in [9.17, 15) is 40.9 Å². The molecule has 0 aliphatic carbocycles. The number of benzene rings is 4. The maximum Gasteiger partial charge on any atom is 0.166 e. The summed E-state index contributed by atoms with van der Waals surface area (Å²) in [5, 5.41) is 78.9. The third kappa shape index (κ3) is 24.7. The molecular formula is C52H84Br4N4O8. The highest BCUT2D eigenvalue weighted by Gasteiger charge is 2.23. The fourth-order valence-corrected chi connectivity index (χ4v) is 8.56. The normalized spacial score (nSPS) is 11.5. The summed E-state index contributed by atoms with van der Waals surface area (Å²) < 4.78 is 3.11. The highest BCUT2D eigenvalue weighted by molar-refractivity contribution is 5.46. The Morgan fingerprint density at radius 1 is 0.265 bits per heavy atom. The van der Waals surface area contributed by atoms with Crippen molar-refractivity contribution in [2.24, 2.45) is 0 Å². The number of hydrogen-bond acceptors (Lipinski definition) is 8. The van der Waals surface area contributed by atoms with Crippen LogP contribution in [0, 0.1) is 0 Å². The summed E-state index contributed by atoms with van der Waals surface area (Å²) in [5.41, 5.74) is 3.14. The van der Waals surface area contributed by atoms with E-state index in [2.05, 4.69) is 56.4 Å². The molecule has 4 aromatic carbocycles. The molecule has 0 heterocycles. The van der Waals surface area contributed by atoms with E-state index in [1.807, 2.05) is 24.3 Å². The van der Waals surface area contributed by atoms with Crippen molar-refractivity contribution in [3.05, 3.63) is 95.1 Å². The van der Waals surface area contributed by atoms with Crippen LogP contribution in [0.2, 0.25) is 0 Å². The lowest BCUT2D eigenvalue weighted by Gasteiger charge is -2.31. The molecule has 0 saturated carbocycles. The second kappa shape index (κ2) is 32.1. The minimum Gasteiger partial charge on any atom is -1.00 e. The number of rotatable bonds is 26. The standard InChI is InChI=1S/C28H44N2O4.C24H36N2O4.4BrH/c1-29(2,21-23-15-13-17-25(31)27(23)33)19-11-9-7-5-6-8-10-12-20-30(3,4)22-24-16-14-18-26(32)28(24)34;1-25(2,17-19-11-9-13-21(27)23(19)29)15-7-5-6-8-16-26(3,4)18-20-12-10-14-22(28)24(20)30;;;;/h13-18H,5-12,19-22H2,1-4H3,(H2-2,31,32,33,34);9-14H,5-8,15-18H2,1-4H3,(H2-2,27,28,29,30);4*1H. The number of phenolic OH excluding ortho intramolecular Hbond substituents is 8. The molecule has 0 aliphatic heterocycles. The Morgan fingerprint density at radius 2 is 0.426 bits per heavy atom. The number of quaternary nitrogens is 4. The minimum atomic E-state index is -0.0627. The van der Waals surface area contributed by atoms with Gasteiger partial charge in [-0.3, -0.25) is 0 Å². The fraction of sp³-hybridized carbons (Fsp3) is 0.538. The summed E-state index contributed by atoms with van der Waals surface area (Å²) in [6, 6.07) is 20.6. The van der Waals surface area contributed by atoms with Gasteiger partial charge in [0.15, 0.2) is 46.0 Å². The topological polar surface area (TPSA) is 162 Å². The highest BCUT2D eigenvalue weighted by Crippen LogP contribution is 2.33. The molecule has 0 bridgehead atoms. The van der Waals surface area contributed by atoms with E-state index in [-0.39, 0.29) is 114 Å². The Balaban J connectivity index is 0. The number of aromatic hydroxyl groups is 8. The lowest BCUT2D eigenvalue weighted by molar-refractivity contribution is -0.904. The molecule has 0 aliphatic rings. The Labute approximate surface area is 450 Å². The number of phenols is 8. The molecule has 0 aromatic heterocycles. The van der Waals surface area contributed by atoms with Crippen LogP contribution in [-0.2, 0) is 26.2 Å². The summed E-state index contributed by atoms with van der Waals surface area (Å²) >= 11 is 0. The van der Waals surface area contributed by atoms with E-state index in [0.717, 1.165) is 92.0 Å². The van der Waals surface area contributed by atoms with Crippen molar-refractivity contribution in [1.82, 2.24) is 0 Å². The van der Waals surface area contributed by atoms with Gasteiger partial charge in [0, 0.05) is 0 Å². The van der Waals surface area contributed by atoms with E-state index in [0.29, 0.717) is 26.2 Å². The highest BCUT2D eigenvalue weighted by atomic mass is 79.9. The molecule has 0 radical (unpaired) electrons. The van der Waals surface area contributed by atoms with E-state index < -0.39 is 0 Å². The Morgan fingerprint density at radius 3 is 0.603 bits per heavy atom. The Bertz CT molecular complexity index is 1890. The first-order valence-corrected chi connectivity index (χ1v) is 23.3. The van der Waals surface area contributed by atoms with Gasteiger partial charge in [-0.1, -0.05) is 49.9 Å². The van der Waals surface area contributed by atoms with Gasteiger partial charge in [-0.25, -0.2) is 0 Å². The second-order valence-corrected chi connectivity index (χ2v) is 20.7. The van der Waals surface area contributed by atoms with Crippen LogP contribution in [0.5, 0.6) is 46.0 Å². The molecule has 0 amide bonds. The van der Waals surface area contributed by atoms with Crippen LogP contribution in [0.15, 0.2) is 72.8 Å². The van der Waals surface area contributed by atoms with Crippen LogP contribution in [0.25, 0.3) is 0 Å². The van der Waals surface area contributed by atoms with Gasteiger partial charge in [0.2, 0.25) is 0 Å². The summed E-state index contributed by atoms with van der Waals surface area (Å²) in [7, 11) is 17.3. The summed E-state index contributed by atoms with van der Waals surface area (Å²) in [4.78, 5) is 0. The Hall–Kier alpha value is -2.96. The third-order valence-electron chi connectivity index (χ3n) is 12.3. The first kappa shape index (κ1) is 67.1. The first-order valence-electron chi connectivity index (χ1n) is 23.3. The van der Waals surface area contributed by atoms with Gasteiger partial charge in [-0.2, -0.15) is 0 Å². The van der Waals surface area contributed by atoms with Crippen LogP contribution >= 0.6 is 0 Å². The summed E-state index contributed by atoms with van der Waals surface area (Å²) in [6.45, 7) is 6.89. The average Bonchev–Trinajstić information content (AvgIpc) is 3.21. The lowest BCUT2D eigenvalue weighted by atomic mass is 10.1. The predicted molar refractivity (Wildman–Crippen MR) is 257 cm³/mol. The minimum absolute atomic E-state index is 0. The first-order chi connectivity index (χ1) is 30.0. The SMILES string of the molecule is C[N+](C)(CCCCCCCCCC[N+](C)(C)Cc1cccc(O)c1O)Cc1cccc(O)c1O.C[N+](C)(CCCCCC[N+](C)(C)Cc1cccc(O)c1O)Cc1cccc(O)c1O.[Br-].[Br-].[Br-].[Br-]. The van der Waals surface area contributed by atoms with Crippen molar-refractivity contribution >= 4 is 0 Å². The molecule has 0 fully saturated rings. The Kier molecular flexibility index (Phi) is 31.7. The zero-order valence-corrected chi connectivity index (χ0v) is 48.3. The molecule has 0 spiro atoms. The largest absolute Gasteiger partial charge is 1.00 e. The number of unbranched alkanes of at least 4 members (excludes halogenated alkanes) is 10. The number of hydrogen-bond donors (Lipinski definition) is 8. The molecule has 68 heavy (non-hydrogen) atoms. The molecule has 16 heteroatoms. The van der Waals surface area contributed by atoms with E-state index in [1.54, 1.807) is 24.3 Å². The molecule has 0 atom stereocenters. The van der Waals surface area contributed by atoms with Crippen LogP contribution in [0.4, 0.5) is 0 Å². The lowest BCUT2D eigenvalue weighted by Crippen LogP contribution is -3.00. The summed E-state index contributed by atoms with van der Waals surface area (Å²) in [5.74, 6) is -0.226. The van der Waals surface area contributed by atoms with Crippen LogP contribution in [0.3, 0.4) is 0 Å². The molecule has 0 unspecified atom stereocenters. The molecule has 4 rings (SSSR count). The number of halogens is 4. The van der Waals surface area contributed by atoms with Crippen LogP contribution in [0.1, 0.15) is 99.3 Å². The van der Waals surface area contributed by atoms with Crippen molar-refractivity contribution in [3.8, 4) is 46.0 Å². The fourth-order valence-electron chi connectivity index (χ4n) is 8.56. The third-order valence-corrected chi connectivity index (χ3v) is 12.3. The molecule has 8 N–H and O–H groups in total. The van der Waals surface area contributed by atoms with E-state index in [4.69, 9.17) is 0 Å². The zero-order chi connectivity index (χ0) is 47.6.